The van der Waals surface area contributed by atoms with Crippen molar-refractivity contribution in [3.05, 3.63) is 24.3 Å². The Morgan fingerprint density at radius 3 is 2.00 bits per heavy atom. The van der Waals surface area contributed by atoms with Gasteiger partial charge in [0.1, 0.15) is 0 Å². The lowest BCUT2D eigenvalue weighted by Crippen LogP contribution is -2.46. The van der Waals surface area contributed by atoms with Gasteiger partial charge in [0.05, 0.1) is 4.90 Å². The Hall–Kier alpha value is -0.983. The lowest BCUT2D eigenvalue weighted by atomic mass is 10.3. The minimum Gasteiger partial charge on any atom is -0.374 e. The van der Waals surface area contributed by atoms with Crippen molar-refractivity contribution in [3.63, 3.8) is 0 Å². The first-order valence-corrected chi connectivity index (χ1v) is 12.6. The summed E-state index contributed by atoms with van der Waals surface area (Å²) >= 11 is 0. The maximum atomic E-state index is 11.0. The van der Waals surface area contributed by atoms with Crippen molar-refractivity contribution in [2.45, 2.75) is 45.1 Å². The van der Waals surface area contributed by atoms with Crippen LogP contribution < -0.4 is 10.0 Å². The molecule has 0 aromatic heterocycles. The summed E-state index contributed by atoms with van der Waals surface area (Å²) in [4.78, 5) is 11.4. The zero-order valence-electron chi connectivity index (χ0n) is 16.5. The molecular weight excluding hydrogens is 388 g/mol. The molecule has 1 rings (SSSR count). The maximum absolute atomic E-state index is 11.0. The normalized spacial score (nSPS) is 12.8. The van der Waals surface area contributed by atoms with Gasteiger partial charge in [-0.1, -0.05) is 0 Å². The van der Waals surface area contributed by atoms with Crippen LogP contribution in [0.15, 0.2) is 29.2 Å². The molecule has 0 aliphatic rings. The van der Waals surface area contributed by atoms with Crippen molar-refractivity contribution >= 4 is 31.2 Å². The van der Waals surface area contributed by atoms with Crippen molar-refractivity contribution in [1.29, 1.82) is 0 Å². The number of carbonyl (C=O) groups is 1. The van der Waals surface area contributed by atoms with E-state index in [1.807, 2.05) is 20.8 Å². The number of rotatable bonds is 13. The summed E-state index contributed by atoms with van der Waals surface area (Å²) < 4.78 is 40.9. The Morgan fingerprint density at radius 1 is 1.04 bits per heavy atom. The molecule has 0 atom stereocenters. The molecule has 0 unspecified atom stereocenters. The van der Waals surface area contributed by atoms with Gasteiger partial charge in [-0.15, -0.1) is 10.8 Å². The highest BCUT2D eigenvalue weighted by atomic mass is 32.3. The quantitative estimate of drug-likeness (QED) is 0.284. The molecule has 1 aromatic rings. The number of anilines is 1. The van der Waals surface area contributed by atoms with E-state index in [4.69, 9.17) is 13.3 Å². The summed E-state index contributed by atoms with van der Waals surface area (Å²) in [5.41, 5.74) is 0.599. The van der Waals surface area contributed by atoms with Crippen LogP contribution in [-0.2, 0) is 18.1 Å². The number of hydrogen-bond acceptors (Lipinski definition) is 7. The number of nitrogens with one attached hydrogen (secondary N) is 2. The van der Waals surface area contributed by atoms with E-state index in [1.54, 1.807) is 24.3 Å². The number of carbonyl (C=O) groups excluding carboxylic acids is 1. The Bertz CT molecular complexity index is 556. The molecule has 4 N–H and O–H groups in total. The van der Waals surface area contributed by atoms with Crippen LogP contribution in [0.4, 0.5) is 5.69 Å². The minimum absolute atomic E-state index is 0.182. The molecule has 0 spiro atoms. The van der Waals surface area contributed by atoms with Crippen LogP contribution in [0.2, 0.25) is 6.04 Å². The standard InChI is InChI=1S/C17H32N2O6SSi/c1-5-23-27(24-6-2,25-7-3)14-8-13-18-26(21,22)17-11-9-16(10-12-17)19-15(4)20/h9-12,18,21-22H,5-8,13-14H2,1-4H3,(H,19,20). The highest BCUT2D eigenvalue weighted by molar-refractivity contribution is 8.22. The fourth-order valence-corrected chi connectivity index (χ4v) is 6.26. The van der Waals surface area contributed by atoms with Crippen molar-refractivity contribution in [2.24, 2.45) is 0 Å². The molecule has 1 aromatic carbocycles. The van der Waals surface area contributed by atoms with Gasteiger partial charge in [0, 0.05) is 45.0 Å². The zero-order valence-corrected chi connectivity index (χ0v) is 18.3. The highest BCUT2D eigenvalue weighted by Gasteiger charge is 2.39. The largest absolute Gasteiger partial charge is 0.500 e. The first-order chi connectivity index (χ1) is 12.8. The molecule has 156 valence electrons. The average molecular weight is 421 g/mol. The van der Waals surface area contributed by atoms with E-state index < -0.39 is 19.6 Å². The summed E-state index contributed by atoms with van der Waals surface area (Å²) in [5, 5.41) is 2.64. The topological polar surface area (TPSA) is 109 Å². The van der Waals surface area contributed by atoms with Gasteiger partial charge in [0.15, 0.2) is 0 Å². The van der Waals surface area contributed by atoms with Crippen molar-refractivity contribution in [1.82, 2.24) is 4.72 Å². The predicted molar refractivity (Wildman–Crippen MR) is 110 cm³/mol. The second-order valence-corrected chi connectivity index (χ2v) is 10.3. The highest BCUT2D eigenvalue weighted by Crippen LogP contribution is 2.44. The Labute approximate surface area is 164 Å². The lowest BCUT2D eigenvalue weighted by Gasteiger charge is -2.34. The zero-order chi connectivity index (χ0) is 20.3. The van der Waals surface area contributed by atoms with E-state index in [2.05, 4.69) is 10.0 Å². The Kier molecular flexibility index (Phi) is 10.5. The molecule has 0 radical (unpaired) electrons. The van der Waals surface area contributed by atoms with Crippen LogP contribution in [0.25, 0.3) is 0 Å². The van der Waals surface area contributed by atoms with E-state index >= 15 is 0 Å². The molecular formula is C17H32N2O6SSi. The summed E-state index contributed by atoms with van der Waals surface area (Å²) in [6.45, 7) is 9.02. The van der Waals surface area contributed by atoms with Gasteiger partial charge in [-0.2, -0.15) is 0 Å². The van der Waals surface area contributed by atoms with Gasteiger partial charge in [-0.3, -0.25) is 13.9 Å². The van der Waals surface area contributed by atoms with Crippen molar-refractivity contribution in [3.8, 4) is 0 Å². The van der Waals surface area contributed by atoms with Gasteiger partial charge in [-0.05, 0) is 51.5 Å². The molecule has 0 saturated carbocycles. The van der Waals surface area contributed by atoms with Crippen LogP contribution in [0.5, 0.6) is 0 Å². The van der Waals surface area contributed by atoms with Crippen LogP contribution in [0.3, 0.4) is 0 Å². The molecule has 0 saturated heterocycles. The van der Waals surface area contributed by atoms with E-state index in [-0.39, 0.29) is 5.91 Å². The third-order valence-electron chi connectivity index (χ3n) is 3.56. The maximum Gasteiger partial charge on any atom is 0.500 e. The summed E-state index contributed by atoms with van der Waals surface area (Å²) in [6.07, 6.45) is 0.617. The molecule has 8 nitrogen and oxygen atoms in total. The summed E-state index contributed by atoms with van der Waals surface area (Å²) in [5.74, 6) is -0.182. The SMILES string of the molecule is CCO[Si](CCCNS(O)(O)c1ccc(NC(C)=O)cc1)(OCC)OCC. The Balaban J connectivity index is 2.60. The van der Waals surface area contributed by atoms with Crippen LogP contribution in [0, 0.1) is 0 Å². The fourth-order valence-electron chi connectivity index (χ4n) is 2.54. The molecule has 0 fully saturated rings. The average Bonchev–Trinajstić information content (AvgIpc) is 2.59. The summed E-state index contributed by atoms with van der Waals surface area (Å²) in [7, 11) is -5.86. The third-order valence-corrected chi connectivity index (χ3v) is 8.25. The fraction of sp³-hybridized carbons (Fsp3) is 0.588. The molecule has 0 heterocycles. The first kappa shape index (κ1) is 24.1. The molecule has 0 bridgehead atoms. The van der Waals surface area contributed by atoms with Crippen LogP contribution in [0.1, 0.15) is 34.1 Å². The smallest absolute Gasteiger partial charge is 0.374 e. The summed E-state index contributed by atoms with van der Waals surface area (Å²) in [6, 6.07) is 7.00. The predicted octanol–water partition coefficient (Wildman–Crippen LogP) is 3.70. The number of amides is 1. The second-order valence-electron chi connectivity index (χ2n) is 5.73. The van der Waals surface area contributed by atoms with E-state index in [1.165, 1.54) is 6.92 Å². The first-order valence-electron chi connectivity index (χ1n) is 9.11. The van der Waals surface area contributed by atoms with Gasteiger partial charge < -0.3 is 18.6 Å². The van der Waals surface area contributed by atoms with Crippen molar-refractivity contribution < 1.29 is 27.2 Å². The van der Waals surface area contributed by atoms with Gasteiger partial charge in [0.25, 0.3) is 0 Å². The minimum atomic E-state index is -3.13. The molecule has 1 amide bonds. The van der Waals surface area contributed by atoms with E-state index in [0.29, 0.717) is 49.4 Å². The Morgan fingerprint density at radius 2 is 1.56 bits per heavy atom. The number of hydrogen-bond donors (Lipinski definition) is 4. The van der Waals surface area contributed by atoms with Crippen LogP contribution in [-0.4, -0.2) is 50.2 Å². The number of benzene rings is 1. The molecule has 0 aliphatic heterocycles. The lowest BCUT2D eigenvalue weighted by molar-refractivity contribution is -0.114. The van der Waals surface area contributed by atoms with Gasteiger partial charge >= 0.3 is 8.80 Å². The molecule has 0 aliphatic carbocycles. The van der Waals surface area contributed by atoms with Crippen LogP contribution >= 0.6 is 10.8 Å². The third kappa shape index (κ3) is 8.28. The van der Waals surface area contributed by atoms with Gasteiger partial charge in [0.2, 0.25) is 5.91 Å². The second kappa shape index (κ2) is 11.8. The molecule has 10 heteroatoms. The van der Waals surface area contributed by atoms with Gasteiger partial charge in [-0.25, -0.2) is 4.72 Å². The monoisotopic (exact) mass is 420 g/mol. The molecule has 27 heavy (non-hydrogen) atoms. The van der Waals surface area contributed by atoms with Crippen molar-refractivity contribution in [2.75, 3.05) is 31.7 Å². The van der Waals surface area contributed by atoms with E-state index in [0.717, 1.165) is 0 Å². The van der Waals surface area contributed by atoms with E-state index in [9.17, 15) is 13.9 Å².